The highest BCUT2D eigenvalue weighted by Gasteiger charge is 2.18. The van der Waals surface area contributed by atoms with E-state index in [0.29, 0.717) is 17.1 Å². The molecule has 0 radical (unpaired) electrons. The molecule has 0 aliphatic heterocycles. The van der Waals surface area contributed by atoms with Crippen molar-refractivity contribution in [3.63, 3.8) is 0 Å². The molecule has 2 aromatic rings. The maximum absolute atomic E-state index is 11.6. The second-order valence-electron chi connectivity index (χ2n) is 4.66. The van der Waals surface area contributed by atoms with Crippen LogP contribution in [0.5, 0.6) is 11.5 Å². The first kappa shape index (κ1) is 17.6. The van der Waals surface area contributed by atoms with Crippen LogP contribution >= 0.6 is 0 Å². The van der Waals surface area contributed by atoms with E-state index < -0.39 is 21.9 Å². The van der Waals surface area contributed by atoms with Crippen molar-refractivity contribution >= 4 is 17.8 Å². The monoisotopic (exact) mass is 343 g/mol. The first-order valence-electron chi connectivity index (χ1n) is 6.89. The molecule has 0 aliphatic carbocycles. The lowest BCUT2D eigenvalue weighted by atomic mass is 10.1. The van der Waals surface area contributed by atoms with Gasteiger partial charge in [0.1, 0.15) is 12.3 Å². The zero-order valence-electron chi connectivity index (χ0n) is 13.1. The predicted octanol–water partition coefficient (Wildman–Crippen LogP) is 1.16. The quantitative estimate of drug-likeness (QED) is 0.460. The van der Waals surface area contributed by atoms with E-state index >= 15 is 0 Å². The van der Waals surface area contributed by atoms with Gasteiger partial charge in [-0.3, -0.25) is 19.9 Å². The second-order valence-corrected chi connectivity index (χ2v) is 4.66. The third-order valence-electron chi connectivity index (χ3n) is 3.07. The molecule has 0 bridgehead atoms. The normalized spacial score (nSPS) is 10.4. The minimum atomic E-state index is -1.08. The predicted molar refractivity (Wildman–Crippen MR) is 90.6 cm³/mol. The summed E-state index contributed by atoms with van der Waals surface area (Å²) in [6, 6.07) is 4.88. The van der Waals surface area contributed by atoms with Crippen molar-refractivity contribution in [2.75, 3.05) is 13.7 Å². The molecule has 0 unspecified atom stereocenters. The first-order chi connectivity index (χ1) is 12.0. The molecule has 0 saturated heterocycles. The summed E-state index contributed by atoms with van der Waals surface area (Å²) in [5, 5.41) is 11.0. The van der Waals surface area contributed by atoms with Crippen molar-refractivity contribution in [2.24, 2.45) is 0 Å². The Morgan fingerprint density at radius 1 is 1.28 bits per heavy atom. The smallest absolute Gasteiger partial charge is 0.357 e. The summed E-state index contributed by atoms with van der Waals surface area (Å²) in [7, 11) is 1.45. The third kappa shape index (κ3) is 4.14. The van der Waals surface area contributed by atoms with E-state index in [1.165, 1.54) is 19.3 Å². The van der Waals surface area contributed by atoms with Crippen LogP contribution in [0.15, 0.2) is 27.8 Å². The molecule has 0 amide bonds. The van der Waals surface area contributed by atoms with E-state index in [4.69, 9.17) is 15.9 Å². The standard InChI is InChI=1S/C16H13N3O6/c1-3-8-25-12-7-5-10(9-13(12)24-2)4-6-11-14(19(22)23)15(20)18-16(21)17-11/h1,4-7,9H,8H2,2H3,(H2,17,18,20,21). The van der Waals surface area contributed by atoms with Crippen molar-refractivity contribution in [1.82, 2.24) is 9.97 Å². The Morgan fingerprint density at radius 2 is 2.04 bits per heavy atom. The molecule has 25 heavy (non-hydrogen) atoms. The number of nitro groups is 1. The van der Waals surface area contributed by atoms with Gasteiger partial charge in [-0.25, -0.2) is 4.79 Å². The molecule has 0 aliphatic rings. The van der Waals surface area contributed by atoms with Crippen LogP contribution < -0.4 is 20.7 Å². The van der Waals surface area contributed by atoms with Gasteiger partial charge in [0, 0.05) is 0 Å². The number of hydrogen-bond acceptors (Lipinski definition) is 6. The maximum Gasteiger partial charge on any atom is 0.357 e. The minimum absolute atomic E-state index is 0.0752. The Kier molecular flexibility index (Phi) is 5.37. The maximum atomic E-state index is 11.6. The third-order valence-corrected chi connectivity index (χ3v) is 3.07. The lowest BCUT2D eigenvalue weighted by molar-refractivity contribution is -0.386. The molecule has 9 heteroatoms. The van der Waals surface area contributed by atoms with Crippen LogP contribution in [0.25, 0.3) is 12.2 Å². The number of nitrogens with zero attached hydrogens (tertiary/aromatic N) is 1. The summed E-state index contributed by atoms with van der Waals surface area (Å²) in [4.78, 5) is 37.0. The van der Waals surface area contributed by atoms with E-state index in [-0.39, 0.29) is 12.3 Å². The van der Waals surface area contributed by atoms with E-state index in [1.807, 2.05) is 4.98 Å². The molecular formula is C16H13N3O6. The van der Waals surface area contributed by atoms with Gasteiger partial charge in [-0.05, 0) is 23.8 Å². The summed E-state index contributed by atoms with van der Waals surface area (Å²) in [6.07, 6.45) is 7.87. The van der Waals surface area contributed by atoms with Crippen molar-refractivity contribution in [3.8, 4) is 23.8 Å². The van der Waals surface area contributed by atoms with Crippen molar-refractivity contribution in [1.29, 1.82) is 0 Å². The van der Waals surface area contributed by atoms with Crippen LogP contribution in [0.1, 0.15) is 11.3 Å². The first-order valence-corrected chi connectivity index (χ1v) is 6.89. The van der Waals surface area contributed by atoms with Crippen molar-refractivity contribution in [2.45, 2.75) is 0 Å². The molecule has 9 nitrogen and oxygen atoms in total. The van der Waals surface area contributed by atoms with Crippen molar-refractivity contribution < 1.29 is 14.4 Å². The number of benzene rings is 1. The molecule has 0 fully saturated rings. The van der Waals surface area contributed by atoms with E-state index in [0.717, 1.165) is 0 Å². The summed E-state index contributed by atoms with van der Waals surface area (Å²) in [6.45, 7) is 0.0752. The highest BCUT2D eigenvalue weighted by Crippen LogP contribution is 2.28. The van der Waals surface area contributed by atoms with E-state index in [1.54, 1.807) is 18.2 Å². The van der Waals surface area contributed by atoms with Gasteiger partial charge in [-0.1, -0.05) is 18.1 Å². The second kappa shape index (κ2) is 7.65. The van der Waals surface area contributed by atoms with Crippen LogP contribution in [0.4, 0.5) is 5.69 Å². The lowest BCUT2D eigenvalue weighted by Crippen LogP contribution is -2.25. The summed E-state index contributed by atoms with van der Waals surface area (Å²) in [5.74, 6) is 3.18. The fourth-order valence-electron chi connectivity index (χ4n) is 2.01. The number of aromatic nitrogens is 2. The highest BCUT2D eigenvalue weighted by atomic mass is 16.6. The molecule has 2 rings (SSSR count). The number of methoxy groups -OCH3 is 1. The summed E-state index contributed by atoms with van der Waals surface area (Å²) in [5.41, 5.74) is -2.29. The molecule has 0 spiro atoms. The van der Waals surface area contributed by atoms with Crippen LogP contribution in [0, 0.1) is 22.5 Å². The van der Waals surface area contributed by atoms with Crippen LogP contribution in [0.2, 0.25) is 0 Å². The zero-order chi connectivity index (χ0) is 18.4. The SMILES string of the molecule is C#CCOc1ccc(C=Cc2[nH]c(=O)[nH]c(=O)c2[N+](=O)[O-])cc1OC. The van der Waals surface area contributed by atoms with Gasteiger partial charge in [0.15, 0.2) is 11.5 Å². The molecule has 128 valence electrons. The van der Waals surface area contributed by atoms with Gasteiger partial charge in [0.2, 0.25) is 0 Å². The number of hydrogen-bond donors (Lipinski definition) is 2. The molecular weight excluding hydrogens is 330 g/mol. The topological polar surface area (TPSA) is 127 Å². The van der Waals surface area contributed by atoms with E-state index in [9.17, 15) is 19.7 Å². The Hall–Kier alpha value is -3.80. The number of nitrogens with one attached hydrogen (secondary N) is 2. The molecule has 1 heterocycles. The summed E-state index contributed by atoms with van der Waals surface area (Å²) >= 11 is 0. The lowest BCUT2D eigenvalue weighted by Gasteiger charge is -2.09. The molecule has 2 N–H and O–H groups in total. The molecule has 1 aromatic carbocycles. The number of aromatic amines is 2. The Morgan fingerprint density at radius 3 is 2.68 bits per heavy atom. The molecule has 0 saturated carbocycles. The Labute approximate surface area is 141 Å². The zero-order valence-corrected chi connectivity index (χ0v) is 13.1. The van der Waals surface area contributed by atoms with E-state index in [2.05, 4.69) is 10.9 Å². The number of rotatable bonds is 6. The fourth-order valence-corrected chi connectivity index (χ4v) is 2.01. The Bertz CT molecular complexity index is 981. The summed E-state index contributed by atoms with van der Waals surface area (Å²) < 4.78 is 10.5. The molecule has 0 atom stereocenters. The Balaban J connectivity index is 2.40. The van der Waals surface area contributed by atoms with Gasteiger partial charge in [0.05, 0.1) is 12.0 Å². The van der Waals surface area contributed by atoms with Crippen molar-refractivity contribution in [3.05, 3.63) is 60.4 Å². The number of terminal acetylenes is 1. The number of ether oxygens (including phenoxy) is 2. The van der Waals surface area contributed by atoms with Crippen LogP contribution in [-0.4, -0.2) is 28.6 Å². The average molecular weight is 343 g/mol. The van der Waals surface area contributed by atoms with Gasteiger partial charge in [-0.15, -0.1) is 6.42 Å². The number of H-pyrrole nitrogens is 2. The highest BCUT2D eigenvalue weighted by molar-refractivity contribution is 5.72. The fraction of sp³-hybridized carbons (Fsp3) is 0.125. The van der Waals surface area contributed by atoms with Crippen LogP contribution in [-0.2, 0) is 0 Å². The van der Waals surface area contributed by atoms with Gasteiger partial charge >= 0.3 is 16.9 Å². The van der Waals surface area contributed by atoms with Gasteiger partial charge < -0.3 is 14.5 Å². The van der Waals surface area contributed by atoms with Gasteiger partial charge in [0.25, 0.3) is 0 Å². The largest absolute Gasteiger partial charge is 0.493 e. The average Bonchev–Trinajstić information content (AvgIpc) is 2.57. The minimum Gasteiger partial charge on any atom is -0.493 e. The van der Waals surface area contributed by atoms with Gasteiger partial charge in [-0.2, -0.15) is 0 Å². The molecule has 1 aromatic heterocycles. The van der Waals surface area contributed by atoms with Crippen LogP contribution in [0.3, 0.4) is 0 Å².